The quantitative estimate of drug-likeness (QED) is 0.918. The first-order chi connectivity index (χ1) is 8.86. The molecule has 0 amide bonds. The minimum atomic E-state index is -4.33. The van der Waals surface area contributed by atoms with Crippen molar-refractivity contribution in [1.29, 1.82) is 0 Å². The largest absolute Gasteiger partial charge is 0.416 e. The van der Waals surface area contributed by atoms with E-state index in [9.17, 15) is 18.0 Å². The van der Waals surface area contributed by atoms with Crippen molar-refractivity contribution in [2.45, 2.75) is 37.9 Å². The van der Waals surface area contributed by atoms with Gasteiger partial charge in [0.15, 0.2) is 0 Å². The van der Waals surface area contributed by atoms with Crippen molar-refractivity contribution < 1.29 is 18.0 Å². The molecule has 1 aliphatic rings. The number of alkyl halides is 3. The Morgan fingerprint density at radius 3 is 2.32 bits per heavy atom. The standard InChI is InChI=1S/C14H16F3NO/c15-14(16,17)11-4-1-9(2-5-11)7-13(19)10-3-6-12(18)8-10/h1-2,4-5,10,12H,3,6-8,18H2. The minimum Gasteiger partial charge on any atom is -0.328 e. The molecule has 1 fully saturated rings. The molecule has 2 nitrogen and oxygen atoms in total. The molecule has 0 heterocycles. The fraction of sp³-hybridized carbons (Fsp3) is 0.500. The van der Waals surface area contributed by atoms with E-state index in [2.05, 4.69) is 0 Å². The molecule has 1 aliphatic carbocycles. The number of ketones is 1. The molecule has 1 aromatic rings. The second-order valence-electron chi connectivity index (χ2n) is 5.11. The Balaban J connectivity index is 1.98. The molecule has 0 aromatic heterocycles. The Morgan fingerprint density at radius 1 is 1.21 bits per heavy atom. The molecule has 0 saturated heterocycles. The highest BCUT2D eigenvalue weighted by Crippen LogP contribution is 2.30. The van der Waals surface area contributed by atoms with Gasteiger partial charge in [0.2, 0.25) is 0 Å². The summed E-state index contributed by atoms with van der Waals surface area (Å²) >= 11 is 0. The van der Waals surface area contributed by atoms with Crippen molar-refractivity contribution in [3.05, 3.63) is 35.4 Å². The molecule has 104 valence electrons. The van der Waals surface area contributed by atoms with Gasteiger partial charge in [0.05, 0.1) is 5.56 Å². The van der Waals surface area contributed by atoms with Gasteiger partial charge >= 0.3 is 6.18 Å². The van der Waals surface area contributed by atoms with Crippen LogP contribution in [0.5, 0.6) is 0 Å². The minimum absolute atomic E-state index is 0.0303. The van der Waals surface area contributed by atoms with Crippen LogP contribution in [-0.4, -0.2) is 11.8 Å². The van der Waals surface area contributed by atoms with Crippen molar-refractivity contribution >= 4 is 5.78 Å². The van der Waals surface area contributed by atoms with Gasteiger partial charge in [-0.25, -0.2) is 0 Å². The number of Topliss-reactive ketones (excluding diaryl/α,β-unsaturated/α-hetero) is 1. The van der Waals surface area contributed by atoms with Crippen LogP contribution in [0.4, 0.5) is 13.2 Å². The molecule has 19 heavy (non-hydrogen) atoms. The van der Waals surface area contributed by atoms with Gasteiger partial charge in [0.25, 0.3) is 0 Å². The van der Waals surface area contributed by atoms with Crippen LogP contribution in [0.3, 0.4) is 0 Å². The lowest BCUT2D eigenvalue weighted by molar-refractivity contribution is -0.137. The van der Waals surface area contributed by atoms with Crippen LogP contribution in [0.1, 0.15) is 30.4 Å². The number of carbonyl (C=O) groups excluding carboxylic acids is 1. The van der Waals surface area contributed by atoms with E-state index in [-0.39, 0.29) is 24.2 Å². The molecule has 2 unspecified atom stereocenters. The molecular weight excluding hydrogens is 255 g/mol. The molecule has 5 heteroatoms. The van der Waals surface area contributed by atoms with E-state index >= 15 is 0 Å². The number of hydrogen-bond acceptors (Lipinski definition) is 2. The smallest absolute Gasteiger partial charge is 0.328 e. The molecule has 1 aromatic carbocycles. The van der Waals surface area contributed by atoms with E-state index in [1.165, 1.54) is 12.1 Å². The van der Waals surface area contributed by atoms with Gasteiger partial charge in [0.1, 0.15) is 5.78 Å². The van der Waals surface area contributed by atoms with Crippen LogP contribution in [0.25, 0.3) is 0 Å². The number of carbonyl (C=O) groups is 1. The maximum atomic E-state index is 12.4. The zero-order valence-electron chi connectivity index (χ0n) is 10.4. The Bertz CT molecular complexity index is 453. The molecule has 1 saturated carbocycles. The molecule has 2 N–H and O–H groups in total. The van der Waals surface area contributed by atoms with E-state index in [1.54, 1.807) is 0 Å². The summed E-state index contributed by atoms with van der Waals surface area (Å²) in [4.78, 5) is 12.0. The summed E-state index contributed by atoms with van der Waals surface area (Å²) in [6, 6.07) is 4.86. The second-order valence-corrected chi connectivity index (χ2v) is 5.11. The lowest BCUT2D eigenvalue weighted by Gasteiger charge is -2.10. The van der Waals surface area contributed by atoms with Gasteiger partial charge in [-0.3, -0.25) is 4.79 Å². The van der Waals surface area contributed by atoms with Crippen molar-refractivity contribution in [1.82, 2.24) is 0 Å². The topological polar surface area (TPSA) is 43.1 Å². The third-order valence-corrected chi connectivity index (χ3v) is 3.59. The van der Waals surface area contributed by atoms with Crippen LogP contribution in [0.2, 0.25) is 0 Å². The van der Waals surface area contributed by atoms with Crippen molar-refractivity contribution in [2.75, 3.05) is 0 Å². The second kappa shape index (κ2) is 5.33. The molecule has 2 atom stereocenters. The number of hydrogen-bond donors (Lipinski definition) is 1. The maximum absolute atomic E-state index is 12.4. The van der Waals surface area contributed by atoms with Crippen molar-refractivity contribution in [2.24, 2.45) is 11.7 Å². The first-order valence-corrected chi connectivity index (χ1v) is 6.30. The van der Waals surface area contributed by atoms with Gasteiger partial charge in [-0.1, -0.05) is 12.1 Å². The van der Waals surface area contributed by atoms with Crippen LogP contribution >= 0.6 is 0 Å². The Morgan fingerprint density at radius 2 is 1.84 bits per heavy atom. The summed E-state index contributed by atoms with van der Waals surface area (Å²) in [6.45, 7) is 0. The van der Waals surface area contributed by atoms with E-state index in [4.69, 9.17) is 5.73 Å². The van der Waals surface area contributed by atoms with E-state index < -0.39 is 11.7 Å². The normalized spacial score (nSPS) is 23.6. The fourth-order valence-corrected chi connectivity index (χ4v) is 2.47. The summed E-state index contributed by atoms with van der Waals surface area (Å²) in [7, 11) is 0. The van der Waals surface area contributed by atoms with Gasteiger partial charge in [-0.15, -0.1) is 0 Å². The number of halogens is 3. The zero-order valence-corrected chi connectivity index (χ0v) is 10.4. The summed E-state index contributed by atoms with van der Waals surface area (Å²) < 4.78 is 37.2. The highest BCUT2D eigenvalue weighted by atomic mass is 19.4. The molecular formula is C14H16F3NO. The molecule has 0 radical (unpaired) electrons. The lowest BCUT2D eigenvalue weighted by Crippen LogP contribution is -2.19. The van der Waals surface area contributed by atoms with Gasteiger partial charge in [-0.05, 0) is 37.0 Å². The fourth-order valence-electron chi connectivity index (χ4n) is 2.47. The number of nitrogens with two attached hydrogens (primary N) is 1. The Labute approximate surface area is 109 Å². The molecule has 0 bridgehead atoms. The van der Waals surface area contributed by atoms with Crippen LogP contribution in [0.15, 0.2) is 24.3 Å². The highest BCUT2D eigenvalue weighted by molar-refractivity contribution is 5.83. The summed E-state index contributed by atoms with van der Waals surface area (Å²) in [5, 5.41) is 0. The molecule has 2 rings (SSSR count). The Kier molecular flexibility index (Phi) is 3.94. The van der Waals surface area contributed by atoms with Crippen molar-refractivity contribution in [3.8, 4) is 0 Å². The summed E-state index contributed by atoms with van der Waals surface area (Å²) in [6.07, 6.45) is -1.81. The monoisotopic (exact) mass is 271 g/mol. The predicted octanol–water partition coefficient (Wildman–Crippen LogP) is 2.94. The van der Waals surface area contributed by atoms with Crippen molar-refractivity contribution in [3.63, 3.8) is 0 Å². The lowest BCUT2D eigenvalue weighted by atomic mass is 9.96. The average molecular weight is 271 g/mol. The average Bonchev–Trinajstić information content (AvgIpc) is 2.75. The first kappa shape index (κ1) is 14.1. The first-order valence-electron chi connectivity index (χ1n) is 6.30. The van der Waals surface area contributed by atoms with Gasteiger partial charge in [-0.2, -0.15) is 13.2 Å². The van der Waals surface area contributed by atoms with E-state index in [0.29, 0.717) is 12.0 Å². The molecule has 0 aliphatic heterocycles. The van der Waals surface area contributed by atoms with E-state index in [0.717, 1.165) is 25.0 Å². The Hall–Kier alpha value is -1.36. The predicted molar refractivity (Wildman–Crippen MR) is 65.5 cm³/mol. The van der Waals surface area contributed by atoms with Gasteiger partial charge in [0, 0.05) is 18.4 Å². The summed E-state index contributed by atoms with van der Waals surface area (Å²) in [5.74, 6) is 0.0463. The van der Waals surface area contributed by atoms with Crippen LogP contribution < -0.4 is 5.73 Å². The van der Waals surface area contributed by atoms with E-state index in [1.807, 2.05) is 0 Å². The highest BCUT2D eigenvalue weighted by Gasteiger charge is 2.30. The maximum Gasteiger partial charge on any atom is 0.416 e. The number of benzene rings is 1. The van der Waals surface area contributed by atoms with Gasteiger partial charge < -0.3 is 5.73 Å². The third-order valence-electron chi connectivity index (χ3n) is 3.59. The van der Waals surface area contributed by atoms with Crippen LogP contribution in [0, 0.1) is 5.92 Å². The third kappa shape index (κ3) is 3.56. The molecule has 0 spiro atoms. The summed E-state index contributed by atoms with van der Waals surface area (Å²) in [5.41, 5.74) is 5.68. The zero-order chi connectivity index (χ0) is 14.0. The number of rotatable bonds is 3. The SMILES string of the molecule is NC1CCC(C(=O)Cc2ccc(C(F)(F)F)cc2)C1. The van der Waals surface area contributed by atoms with Crippen LogP contribution in [-0.2, 0) is 17.4 Å².